The number of hydrogen-bond acceptors (Lipinski definition) is 11. The Bertz CT molecular complexity index is 1590. The van der Waals surface area contributed by atoms with E-state index in [9.17, 15) is 28.8 Å². The van der Waals surface area contributed by atoms with Crippen molar-refractivity contribution in [1.29, 1.82) is 0 Å². The maximum Gasteiger partial charge on any atom is 0.307 e. The van der Waals surface area contributed by atoms with Gasteiger partial charge in [0, 0.05) is 89.4 Å². The van der Waals surface area contributed by atoms with Gasteiger partial charge in [-0.1, -0.05) is 18.2 Å². The predicted octanol–water partition coefficient (Wildman–Crippen LogP) is 4.31. The van der Waals surface area contributed by atoms with Crippen LogP contribution in [0.15, 0.2) is 36.4 Å². The summed E-state index contributed by atoms with van der Waals surface area (Å²) in [6, 6.07) is 10.9. The van der Waals surface area contributed by atoms with Gasteiger partial charge in [-0.3, -0.25) is 28.8 Å². The highest BCUT2D eigenvalue weighted by Gasteiger charge is 2.36. The van der Waals surface area contributed by atoms with Crippen LogP contribution in [0.4, 0.5) is 5.69 Å². The minimum Gasteiger partial charge on any atom is -0.465 e. The average Bonchev–Trinajstić information content (AvgIpc) is 3.62. The highest BCUT2D eigenvalue weighted by Crippen LogP contribution is 2.46. The summed E-state index contributed by atoms with van der Waals surface area (Å²) in [4.78, 5) is 75.4. The number of carbonyl (C=O) groups is 6. The maximum absolute atomic E-state index is 13.2. The number of benzene rings is 2. The second kappa shape index (κ2) is 21.4. The van der Waals surface area contributed by atoms with Crippen molar-refractivity contribution in [3.63, 3.8) is 0 Å². The topological polar surface area (TPSA) is 184 Å². The number of aliphatic hydroxyl groups excluding tert-OH is 1. The smallest absolute Gasteiger partial charge is 0.307 e. The molecule has 1 saturated carbocycles. The van der Waals surface area contributed by atoms with Gasteiger partial charge in [-0.15, -0.1) is 0 Å². The molecular weight excluding hydrogens is 684 g/mol. The first-order chi connectivity index (χ1) is 25.6. The molecule has 2 atom stereocenters. The Balaban J connectivity index is 1.38. The number of fused-ring (bicyclic) bond motifs is 3. The summed E-state index contributed by atoms with van der Waals surface area (Å²) < 4.78 is 21.7. The largest absolute Gasteiger partial charge is 0.465 e. The molecule has 288 valence electrons. The summed E-state index contributed by atoms with van der Waals surface area (Å²) >= 11 is 0. The van der Waals surface area contributed by atoms with Crippen LogP contribution in [0, 0.1) is 5.92 Å². The Hall–Kier alpha value is -4.30. The van der Waals surface area contributed by atoms with Gasteiger partial charge in [0.15, 0.2) is 5.78 Å². The predicted molar refractivity (Wildman–Crippen MR) is 196 cm³/mol. The minimum atomic E-state index is -0.969. The van der Waals surface area contributed by atoms with E-state index in [-0.39, 0.29) is 87.0 Å². The number of methoxy groups -OCH3 is 1. The van der Waals surface area contributed by atoms with Crippen LogP contribution in [-0.4, -0.2) is 99.6 Å². The number of Topliss-reactive ketones (excluding diaryl/α,β-unsaturated/α-hetero) is 3. The molecule has 2 unspecified atom stereocenters. The third-order valence-corrected chi connectivity index (χ3v) is 9.43. The van der Waals surface area contributed by atoms with Gasteiger partial charge in [0.2, 0.25) is 11.8 Å². The molecule has 0 aliphatic heterocycles. The van der Waals surface area contributed by atoms with Crippen LogP contribution in [0.2, 0.25) is 0 Å². The second-order valence-corrected chi connectivity index (χ2v) is 13.5. The molecule has 0 bridgehead atoms. The maximum atomic E-state index is 13.2. The molecule has 13 heteroatoms. The molecule has 0 heterocycles. The van der Waals surface area contributed by atoms with E-state index in [0.717, 1.165) is 28.7 Å². The number of rotatable bonds is 24. The molecule has 13 nitrogen and oxygen atoms in total. The van der Waals surface area contributed by atoms with Gasteiger partial charge < -0.3 is 34.7 Å². The number of ether oxygens (including phenoxy) is 4. The van der Waals surface area contributed by atoms with Crippen LogP contribution in [-0.2, 0) is 42.9 Å². The van der Waals surface area contributed by atoms with E-state index in [1.807, 2.05) is 31.2 Å². The highest BCUT2D eigenvalue weighted by atomic mass is 16.5. The average molecular weight is 737 g/mol. The molecular formula is C40H52N2O11. The van der Waals surface area contributed by atoms with Crippen molar-refractivity contribution in [3.05, 3.63) is 53.1 Å². The summed E-state index contributed by atoms with van der Waals surface area (Å²) in [5.41, 5.74) is 4.34. The summed E-state index contributed by atoms with van der Waals surface area (Å²) in [5.74, 6) is -3.08. The third-order valence-electron chi connectivity index (χ3n) is 9.43. The highest BCUT2D eigenvalue weighted by molar-refractivity contribution is 6.10. The number of esters is 1. The lowest BCUT2D eigenvalue weighted by molar-refractivity contribution is -0.148. The Morgan fingerprint density at radius 2 is 1.55 bits per heavy atom. The van der Waals surface area contributed by atoms with Gasteiger partial charge >= 0.3 is 5.97 Å². The van der Waals surface area contributed by atoms with Gasteiger partial charge in [0.05, 0.1) is 25.0 Å². The van der Waals surface area contributed by atoms with Crippen LogP contribution in [0.3, 0.4) is 0 Å². The molecule has 1 fully saturated rings. The summed E-state index contributed by atoms with van der Waals surface area (Å²) in [6.45, 7) is 4.17. The van der Waals surface area contributed by atoms with E-state index in [2.05, 4.69) is 10.6 Å². The van der Waals surface area contributed by atoms with E-state index in [4.69, 9.17) is 24.1 Å². The molecule has 3 N–H and O–H groups in total. The summed E-state index contributed by atoms with van der Waals surface area (Å²) in [7, 11) is 1.63. The van der Waals surface area contributed by atoms with Crippen molar-refractivity contribution in [1.82, 2.24) is 5.32 Å². The van der Waals surface area contributed by atoms with E-state index >= 15 is 0 Å². The molecule has 53 heavy (non-hydrogen) atoms. The molecule has 2 amide bonds. The van der Waals surface area contributed by atoms with Crippen molar-refractivity contribution in [2.24, 2.45) is 5.92 Å². The molecule has 0 saturated heterocycles. The van der Waals surface area contributed by atoms with Gasteiger partial charge in [-0.2, -0.15) is 0 Å². The lowest BCUT2D eigenvalue weighted by atomic mass is 9.94. The quantitative estimate of drug-likeness (QED) is 0.0604. The summed E-state index contributed by atoms with van der Waals surface area (Å²) in [5, 5.41) is 14.8. The summed E-state index contributed by atoms with van der Waals surface area (Å²) in [6.07, 6.45) is 2.64. The van der Waals surface area contributed by atoms with Gasteiger partial charge in [-0.25, -0.2) is 0 Å². The number of ketones is 3. The molecule has 0 spiro atoms. The fourth-order valence-corrected chi connectivity index (χ4v) is 6.51. The van der Waals surface area contributed by atoms with E-state index in [1.165, 1.54) is 0 Å². The van der Waals surface area contributed by atoms with E-state index in [1.54, 1.807) is 19.2 Å². The van der Waals surface area contributed by atoms with E-state index in [0.29, 0.717) is 63.5 Å². The van der Waals surface area contributed by atoms with Crippen LogP contribution < -0.4 is 10.6 Å². The Kier molecular flexibility index (Phi) is 16.7. The number of anilines is 1. The first kappa shape index (κ1) is 41.5. The minimum absolute atomic E-state index is 0.0344. The van der Waals surface area contributed by atoms with Crippen molar-refractivity contribution in [3.8, 4) is 11.1 Å². The van der Waals surface area contributed by atoms with Crippen LogP contribution in [0.1, 0.15) is 98.5 Å². The number of hydrogen-bond donors (Lipinski definition) is 3. The molecule has 2 aliphatic carbocycles. The van der Waals surface area contributed by atoms with Gasteiger partial charge in [-0.05, 0) is 73.1 Å². The first-order valence-corrected chi connectivity index (χ1v) is 18.5. The number of aliphatic hydroxyl groups is 1. The van der Waals surface area contributed by atoms with Crippen molar-refractivity contribution in [2.45, 2.75) is 83.2 Å². The normalized spacial score (nSPS) is 15.6. The Labute approximate surface area is 310 Å². The Morgan fingerprint density at radius 3 is 2.28 bits per heavy atom. The zero-order valence-corrected chi connectivity index (χ0v) is 30.7. The fraction of sp³-hybridized carbons (Fsp3) is 0.550. The number of nitrogens with one attached hydrogen (secondary N) is 2. The van der Waals surface area contributed by atoms with Gasteiger partial charge in [0.1, 0.15) is 18.2 Å². The number of carbonyl (C=O) groups excluding carboxylic acids is 6. The third kappa shape index (κ3) is 12.7. The van der Waals surface area contributed by atoms with Crippen LogP contribution in [0.5, 0.6) is 0 Å². The zero-order valence-electron chi connectivity index (χ0n) is 30.7. The van der Waals surface area contributed by atoms with Crippen LogP contribution >= 0.6 is 0 Å². The fourth-order valence-electron chi connectivity index (χ4n) is 6.51. The zero-order chi connectivity index (χ0) is 38.2. The molecule has 2 aromatic rings. The SMILES string of the molecule is COCCCOCCNC(=O)CCCC(=O)Nc1ccc2c(c1)C(COC(=O)CC1C(=O)CCC1=O)c1cc(C(=O)CCCOC(C)CCO)ccc1-2. The van der Waals surface area contributed by atoms with E-state index < -0.39 is 17.8 Å². The molecule has 2 aliphatic rings. The molecule has 0 aromatic heterocycles. The van der Waals surface area contributed by atoms with Crippen molar-refractivity contribution >= 4 is 40.8 Å². The lowest BCUT2D eigenvalue weighted by Gasteiger charge is -2.16. The van der Waals surface area contributed by atoms with Crippen molar-refractivity contribution in [2.75, 3.05) is 58.6 Å². The Morgan fingerprint density at radius 1 is 0.830 bits per heavy atom. The molecule has 2 aromatic carbocycles. The van der Waals surface area contributed by atoms with Crippen LogP contribution in [0.25, 0.3) is 11.1 Å². The monoisotopic (exact) mass is 736 g/mol. The first-order valence-electron chi connectivity index (χ1n) is 18.5. The standard InChI is InChI=1S/C40H52N2O11/c1-26(15-17-43)52-20-4-6-35(44)27-9-11-29-30-12-10-28(42-39(48)8-3-7-38(47)41-16-21-51-19-5-18-50-2)23-32(30)34(31(29)22-27)25-53-40(49)24-33-36(45)13-14-37(33)46/h9-12,22-23,26,33-34,43H,3-8,13-21,24-25H2,1-2H3,(H,41,47)(H,42,48). The number of amides is 2. The second-order valence-electron chi connectivity index (χ2n) is 13.5. The lowest BCUT2D eigenvalue weighted by Crippen LogP contribution is -2.27. The van der Waals surface area contributed by atoms with Gasteiger partial charge in [0.25, 0.3) is 0 Å². The van der Waals surface area contributed by atoms with Crippen molar-refractivity contribution < 1.29 is 52.8 Å². The molecule has 4 rings (SSSR count). The molecule has 0 radical (unpaired) electrons.